The summed E-state index contributed by atoms with van der Waals surface area (Å²) in [6.45, 7) is 0. The maximum atomic E-state index is 13.6. The van der Waals surface area contributed by atoms with Crippen LogP contribution in [0.3, 0.4) is 0 Å². The van der Waals surface area contributed by atoms with E-state index in [-0.39, 0.29) is 17.1 Å². The first kappa shape index (κ1) is 16.3. The Morgan fingerprint density at radius 1 is 0.720 bits per heavy atom. The molecule has 0 bridgehead atoms. The molecule has 6 heteroatoms. The van der Waals surface area contributed by atoms with Gasteiger partial charge in [-0.1, -0.05) is 36.4 Å². The summed E-state index contributed by atoms with van der Waals surface area (Å²) in [5, 5.41) is 5.12. The summed E-state index contributed by atoms with van der Waals surface area (Å²) in [6, 6.07) is 19.2. The lowest BCUT2D eigenvalue weighted by Crippen LogP contribution is -2.18. The number of pyridine rings is 1. The van der Waals surface area contributed by atoms with Crippen molar-refractivity contribution in [1.82, 2.24) is 4.98 Å². The fourth-order valence-electron chi connectivity index (χ4n) is 2.15. The van der Waals surface area contributed by atoms with Crippen molar-refractivity contribution in [3.05, 3.63) is 90.0 Å². The second-order valence-electron chi connectivity index (χ2n) is 5.16. The van der Waals surface area contributed by atoms with Crippen LogP contribution in [0.5, 0.6) is 0 Å². The van der Waals surface area contributed by atoms with Crippen LogP contribution in [0.4, 0.5) is 15.8 Å². The Bertz CT molecular complexity index is 913. The van der Waals surface area contributed by atoms with Crippen molar-refractivity contribution >= 4 is 23.2 Å². The van der Waals surface area contributed by atoms with Crippen LogP contribution < -0.4 is 10.6 Å². The van der Waals surface area contributed by atoms with E-state index in [1.54, 1.807) is 36.4 Å². The normalized spacial score (nSPS) is 10.1. The van der Waals surface area contributed by atoms with Crippen LogP contribution in [0.25, 0.3) is 0 Å². The molecule has 2 aromatic carbocycles. The molecule has 3 rings (SSSR count). The van der Waals surface area contributed by atoms with Crippen LogP contribution in [-0.4, -0.2) is 16.8 Å². The van der Waals surface area contributed by atoms with Gasteiger partial charge in [0.05, 0.1) is 5.69 Å². The van der Waals surface area contributed by atoms with Crippen molar-refractivity contribution in [1.29, 1.82) is 0 Å². The molecule has 0 radical (unpaired) electrons. The molecule has 0 aliphatic heterocycles. The smallest absolute Gasteiger partial charge is 0.274 e. The SMILES string of the molecule is O=C(Nc1ccccc1)c1cccc(C(=O)Nc2ccccc2F)n1. The van der Waals surface area contributed by atoms with Crippen LogP contribution in [-0.2, 0) is 0 Å². The second kappa shape index (κ2) is 7.35. The van der Waals surface area contributed by atoms with Gasteiger partial charge < -0.3 is 10.6 Å². The molecule has 0 atom stereocenters. The minimum Gasteiger partial charge on any atom is -0.321 e. The number of hydrogen-bond donors (Lipinski definition) is 2. The summed E-state index contributed by atoms with van der Waals surface area (Å²) < 4.78 is 13.6. The average Bonchev–Trinajstić information content (AvgIpc) is 2.64. The molecule has 5 nitrogen and oxygen atoms in total. The van der Waals surface area contributed by atoms with Crippen LogP contribution in [0, 0.1) is 5.82 Å². The van der Waals surface area contributed by atoms with Gasteiger partial charge in [-0.25, -0.2) is 9.37 Å². The van der Waals surface area contributed by atoms with E-state index in [1.165, 1.54) is 30.3 Å². The van der Waals surface area contributed by atoms with Crippen molar-refractivity contribution in [3.8, 4) is 0 Å². The molecule has 0 fully saturated rings. The van der Waals surface area contributed by atoms with Gasteiger partial charge in [-0.3, -0.25) is 9.59 Å². The Morgan fingerprint density at radius 3 is 2.00 bits per heavy atom. The maximum Gasteiger partial charge on any atom is 0.274 e. The third kappa shape index (κ3) is 4.06. The molecule has 0 aliphatic carbocycles. The largest absolute Gasteiger partial charge is 0.321 e. The minimum absolute atomic E-state index is 0.0176. The van der Waals surface area contributed by atoms with Gasteiger partial charge in [0.25, 0.3) is 11.8 Å². The molecule has 0 saturated carbocycles. The Balaban J connectivity index is 1.76. The van der Waals surface area contributed by atoms with Gasteiger partial charge in [-0.2, -0.15) is 0 Å². The monoisotopic (exact) mass is 335 g/mol. The summed E-state index contributed by atoms with van der Waals surface area (Å²) >= 11 is 0. The van der Waals surface area contributed by atoms with Gasteiger partial charge >= 0.3 is 0 Å². The van der Waals surface area contributed by atoms with E-state index >= 15 is 0 Å². The number of nitrogens with one attached hydrogen (secondary N) is 2. The van der Waals surface area contributed by atoms with E-state index < -0.39 is 17.6 Å². The number of benzene rings is 2. The number of carbonyl (C=O) groups excluding carboxylic acids is 2. The number of nitrogens with zero attached hydrogens (tertiary/aromatic N) is 1. The highest BCUT2D eigenvalue weighted by Gasteiger charge is 2.14. The summed E-state index contributed by atoms with van der Waals surface area (Å²) in [7, 11) is 0. The predicted molar refractivity (Wildman–Crippen MR) is 93.0 cm³/mol. The molecular weight excluding hydrogens is 321 g/mol. The third-order valence-corrected chi connectivity index (χ3v) is 3.37. The van der Waals surface area contributed by atoms with Crippen molar-refractivity contribution in [2.45, 2.75) is 0 Å². The Morgan fingerprint density at radius 2 is 1.32 bits per heavy atom. The highest BCUT2D eigenvalue weighted by molar-refractivity contribution is 6.06. The first-order valence-electron chi connectivity index (χ1n) is 7.53. The molecule has 3 aromatic rings. The minimum atomic E-state index is -0.598. The number of halogens is 1. The number of anilines is 2. The van der Waals surface area contributed by atoms with Crippen molar-refractivity contribution in [3.63, 3.8) is 0 Å². The number of aromatic nitrogens is 1. The van der Waals surface area contributed by atoms with Crippen LogP contribution in [0.15, 0.2) is 72.8 Å². The second-order valence-corrected chi connectivity index (χ2v) is 5.16. The molecule has 0 aliphatic rings. The zero-order valence-corrected chi connectivity index (χ0v) is 13.1. The van der Waals surface area contributed by atoms with Crippen molar-refractivity contribution < 1.29 is 14.0 Å². The molecule has 1 aromatic heterocycles. The van der Waals surface area contributed by atoms with Gasteiger partial charge in [0.1, 0.15) is 17.2 Å². The van der Waals surface area contributed by atoms with Gasteiger partial charge in [0.2, 0.25) is 0 Å². The lowest BCUT2D eigenvalue weighted by atomic mass is 10.2. The molecule has 2 amide bonds. The fourth-order valence-corrected chi connectivity index (χ4v) is 2.15. The number of para-hydroxylation sites is 2. The predicted octanol–water partition coefficient (Wildman–Crippen LogP) is 3.73. The standard InChI is InChI=1S/C19H14FN3O2/c20-14-9-4-5-10-15(14)23-19(25)17-12-6-11-16(22-17)18(24)21-13-7-2-1-3-8-13/h1-12H,(H,21,24)(H,23,25). The molecule has 2 N–H and O–H groups in total. The highest BCUT2D eigenvalue weighted by atomic mass is 19.1. The van der Waals surface area contributed by atoms with Gasteiger partial charge in [0.15, 0.2) is 0 Å². The fraction of sp³-hybridized carbons (Fsp3) is 0. The van der Waals surface area contributed by atoms with E-state index in [2.05, 4.69) is 15.6 Å². The quantitative estimate of drug-likeness (QED) is 0.763. The van der Waals surface area contributed by atoms with E-state index in [0.29, 0.717) is 5.69 Å². The van der Waals surface area contributed by atoms with Crippen molar-refractivity contribution in [2.75, 3.05) is 10.6 Å². The van der Waals surface area contributed by atoms with Crippen LogP contribution >= 0.6 is 0 Å². The molecule has 0 unspecified atom stereocenters. The number of amides is 2. The number of rotatable bonds is 4. The summed E-state index contributed by atoms with van der Waals surface area (Å²) in [4.78, 5) is 28.5. The lowest BCUT2D eigenvalue weighted by molar-refractivity contribution is 0.101. The van der Waals surface area contributed by atoms with Gasteiger partial charge in [-0.05, 0) is 36.4 Å². The molecule has 124 valence electrons. The molecule has 25 heavy (non-hydrogen) atoms. The van der Waals surface area contributed by atoms with Gasteiger partial charge in [-0.15, -0.1) is 0 Å². The van der Waals surface area contributed by atoms with E-state index in [1.807, 2.05) is 6.07 Å². The first-order chi connectivity index (χ1) is 12.1. The maximum absolute atomic E-state index is 13.6. The van der Waals surface area contributed by atoms with Crippen LogP contribution in [0.2, 0.25) is 0 Å². The Labute approximate surface area is 143 Å². The summed E-state index contributed by atoms with van der Waals surface area (Å²) in [6.07, 6.45) is 0. The molecule has 1 heterocycles. The first-order valence-corrected chi connectivity index (χ1v) is 7.53. The topological polar surface area (TPSA) is 71.1 Å². The summed E-state index contributed by atoms with van der Waals surface area (Å²) in [5.41, 5.74) is 0.776. The zero-order chi connectivity index (χ0) is 17.6. The molecule has 0 spiro atoms. The zero-order valence-electron chi connectivity index (χ0n) is 13.1. The lowest BCUT2D eigenvalue weighted by Gasteiger charge is -2.08. The van der Waals surface area contributed by atoms with E-state index in [9.17, 15) is 14.0 Å². The summed E-state index contributed by atoms with van der Waals surface area (Å²) in [5.74, 6) is -1.58. The third-order valence-electron chi connectivity index (χ3n) is 3.37. The number of hydrogen-bond acceptors (Lipinski definition) is 3. The number of carbonyl (C=O) groups is 2. The van der Waals surface area contributed by atoms with Crippen molar-refractivity contribution in [2.24, 2.45) is 0 Å². The Hall–Kier alpha value is -3.54. The van der Waals surface area contributed by atoms with E-state index in [4.69, 9.17) is 0 Å². The molecular formula is C19H14FN3O2. The van der Waals surface area contributed by atoms with Crippen LogP contribution in [0.1, 0.15) is 21.0 Å². The average molecular weight is 335 g/mol. The molecule has 0 saturated heterocycles. The van der Waals surface area contributed by atoms with Gasteiger partial charge in [0, 0.05) is 5.69 Å². The highest BCUT2D eigenvalue weighted by Crippen LogP contribution is 2.14. The Kier molecular flexibility index (Phi) is 4.80. The van der Waals surface area contributed by atoms with E-state index in [0.717, 1.165) is 0 Å².